The molecule has 0 spiro atoms. The van der Waals surface area contributed by atoms with Gasteiger partial charge in [0.15, 0.2) is 0 Å². The van der Waals surface area contributed by atoms with Gasteiger partial charge in [-0.05, 0) is 56.9 Å². The lowest BCUT2D eigenvalue weighted by Crippen LogP contribution is -2.52. The summed E-state index contributed by atoms with van der Waals surface area (Å²) >= 11 is 0. The van der Waals surface area contributed by atoms with E-state index < -0.39 is 29.6 Å². The van der Waals surface area contributed by atoms with Gasteiger partial charge in [-0.25, -0.2) is 9.80 Å². The summed E-state index contributed by atoms with van der Waals surface area (Å²) in [5, 5.41) is 2.16. The van der Waals surface area contributed by atoms with Crippen LogP contribution in [0.5, 0.6) is 0 Å². The minimum absolute atomic E-state index is 0.298. The van der Waals surface area contributed by atoms with E-state index in [4.69, 9.17) is 4.74 Å². The number of rotatable bonds is 2. The zero-order valence-electron chi connectivity index (χ0n) is 16.1. The Hall–Kier alpha value is -3.15. The van der Waals surface area contributed by atoms with Gasteiger partial charge in [0, 0.05) is 0 Å². The fourth-order valence-corrected chi connectivity index (χ4v) is 3.82. The predicted octanol–water partition coefficient (Wildman–Crippen LogP) is 4.12. The van der Waals surface area contributed by atoms with Gasteiger partial charge in [0.2, 0.25) is 0 Å². The van der Waals surface area contributed by atoms with Crippen molar-refractivity contribution in [2.24, 2.45) is 0 Å². The predicted molar refractivity (Wildman–Crippen MR) is 103 cm³/mol. The molecule has 0 saturated heterocycles. The summed E-state index contributed by atoms with van der Waals surface area (Å²) in [5.41, 5.74) is 1.88. The second kappa shape index (κ2) is 6.48. The third-order valence-electron chi connectivity index (χ3n) is 4.97. The molecule has 1 unspecified atom stereocenters. The van der Waals surface area contributed by atoms with Crippen LogP contribution in [-0.4, -0.2) is 33.5 Å². The number of hydrazine groups is 1. The molecule has 1 aliphatic heterocycles. The third kappa shape index (κ3) is 2.95. The van der Waals surface area contributed by atoms with Crippen molar-refractivity contribution in [3.05, 3.63) is 70.8 Å². The lowest BCUT2D eigenvalue weighted by atomic mass is 10.1. The highest BCUT2D eigenvalue weighted by atomic mass is 16.6. The van der Waals surface area contributed by atoms with Gasteiger partial charge in [0.1, 0.15) is 5.60 Å². The first-order valence-electron chi connectivity index (χ1n) is 9.35. The molecule has 6 nitrogen and oxygen atoms in total. The van der Waals surface area contributed by atoms with Crippen LogP contribution in [0.15, 0.2) is 48.5 Å². The molecule has 1 atom stereocenters. The largest absolute Gasteiger partial charge is 0.442 e. The Morgan fingerprint density at radius 1 is 1.00 bits per heavy atom. The fraction of sp³-hybridized carbons (Fsp3) is 0.318. The summed E-state index contributed by atoms with van der Waals surface area (Å²) in [6.45, 7) is 5.27. The van der Waals surface area contributed by atoms with Crippen molar-refractivity contribution in [2.45, 2.75) is 45.3 Å². The normalized spacial score (nSPS) is 18.1. The van der Waals surface area contributed by atoms with Crippen molar-refractivity contribution in [2.75, 3.05) is 0 Å². The zero-order chi connectivity index (χ0) is 20.1. The molecule has 0 bridgehead atoms. The Morgan fingerprint density at radius 3 is 2.18 bits per heavy atom. The van der Waals surface area contributed by atoms with Crippen LogP contribution >= 0.6 is 0 Å². The van der Waals surface area contributed by atoms with E-state index in [0.717, 1.165) is 22.6 Å². The number of nitrogens with zero attached hydrogens (tertiary/aromatic N) is 2. The molecule has 0 saturated carbocycles. The Kier molecular flexibility index (Phi) is 4.22. The maximum Gasteiger partial charge on any atom is 0.430 e. The summed E-state index contributed by atoms with van der Waals surface area (Å²) in [6.07, 6.45) is 0.679. The first-order chi connectivity index (χ1) is 13.3. The van der Waals surface area contributed by atoms with Crippen molar-refractivity contribution in [3.63, 3.8) is 0 Å². The van der Waals surface area contributed by atoms with Gasteiger partial charge in [-0.15, -0.1) is 0 Å². The average Bonchev–Trinajstić information content (AvgIpc) is 3.16. The van der Waals surface area contributed by atoms with Gasteiger partial charge in [0.05, 0.1) is 17.2 Å². The molecule has 1 aliphatic carbocycles. The number of imide groups is 1. The molecule has 6 heteroatoms. The van der Waals surface area contributed by atoms with E-state index in [1.165, 1.54) is 5.01 Å². The Balaban J connectivity index is 1.78. The van der Waals surface area contributed by atoms with Crippen molar-refractivity contribution in [3.8, 4) is 0 Å². The van der Waals surface area contributed by atoms with Gasteiger partial charge in [-0.1, -0.05) is 36.4 Å². The van der Waals surface area contributed by atoms with Crippen LogP contribution in [0.3, 0.4) is 0 Å². The molecule has 0 fully saturated rings. The van der Waals surface area contributed by atoms with Crippen molar-refractivity contribution in [1.29, 1.82) is 0 Å². The summed E-state index contributed by atoms with van der Waals surface area (Å²) in [7, 11) is 0. The van der Waals surface area contributed by atoms with Gasteiger partial charge < -0.3 is 4.74 Å². The topological polar surface area (TPSA) is 66.9 Å². The maximum absolute atomic E-state index is 13.1. The summed E-state index contributed by atoms with van der Waals surface area (Å²) in [4.78, 5) is 39.2. The summed E-state index contributed by atoms with van der Waals surface area (Å²) in [5.74, 6) is -1.01. The molecule has 0 N–H and O–H groups in total. The van der Waals surface area contributed by atoms with Crippen LogP contribution in [0.1, 0.15) is 65.1 Å². The molecule has 0 aromatic heterocycles. The summed E-state index contributed by atoms with van der Waals surface area (Å²) in [6, 6.07) is 14.0. The Bertz CT molecular complexity index is 941. The molecule has 2 aliphatic rings. The van der Waals surface area contributed by atoms with Gasteiger partial charge >= 0.3 is 6.09 Å². The third-order valence-corrected chi connectivity index (χ3v) is 4.97. The lowest BCUT2D eigenvalue weighted by Gasteiger charge is -2.36. The van der Waals surface area contributed by atoms with E-state index in [-0.39, 0.29) is 0 Å². The van der Waals surface area contributed by atoms with Crippen LogP contribution in [0.2, 0.25) is 0 Å². The van der Waals surface area contributed by atoms with Crippen LogP contribution in [0, 0.1) is 0 Å². The lowest BCUT2D eigenvalue weighted by molar-refractivity contribution is -0.0452. The number of carbonyl (C=O) groups is 3. The van der Waals surface area contributed by atoms with E-state index in [2.05, 4.69) is 0 Å². The van der Waals surface area contributed by atoms with Gasteiger partial charge in [-0.3, -0.25) is 9.59 Å². The smallest absolute Gasteiger partial charge is 0.430 e. The van der Waals surface area contributed by atoms with E-state index in [1.54, 1.807) is 45.0 Å². The molecule has 144 valence electrons. The molecule has 4 rings (SSSR count). The van der Waals surface area contributed by atoms with E-state index in [1.807, 2.05) is 24.3 Å². The highest BCUT2D eigenvalue weighted by Crippen LogP contribution is 2.39. The number of hydrogen-bond acceptors (Lipinski definition) is 4. The SMILES string of the molecule is CC(C)(C)OC(=O)N(C1CCc2ccccc21)N1C(=O)c2ccccc2C1=O. The first kappa shape index (κ1) is 18.2. The van der Waals surface area contributed by atoms with Gasteiger partial charge in [0.25, 0.3) is 11.8 Å². The minimum Gasteiger partial charge on any atom is -0.442 e. The Morgan fingerprint density at radius 2 is 1.57 bits per heavy atom. The molecule has 28 heavy (non-hydrogen) atoms. The van der Waals surface area contributed by atoms with Crippen LogP contribution in [0.25, 0.3) is 0 Å². The molecular weight excluding hydrogens is 356 g/mol. The van der Waals surface area contributed by atoms with Crippen molar-refractivity contribution in [1.82, 2.24) is 10.0 Å². The number of carbonyl (C=O) groups excluding carboxylic acids is 3. The number of benzene rings is 2. The fourth-order valence-electron chi connectivity index (χ4n) is 3.82. The molecular formula is C22H22N2O4. The van der Waals surface area contributed by atoms with E-state index in [9.17, 15) is 14.4 Å². The van der Waals surface area contributed by atoms with E-state index >= 15 is 0 Å². The highest BCUT2D eigenvalue weighted by molar-refractivity contribution is 6.21. The van der Waals surface area contributed by atoms with Crippen molar-refractivity contribution < 1.29 is 19.1 Å². The zero-order valence-corrected chi connectivity index (χ0v) is 16.1. The van der Waals surface area contributed by atoms with Crippen LogP contribution < -0.4 is 0 Å². The van der Waals surface area contributed by atoms with Crippen LogP contribution in [0.4, 0.5) is 4.79 Å². The maximum atomic E-state index is 13.1. The molecule has 3 amide bonds. The monoisotopic (exact) mass is 378 g/mol. The second-order valence-electron chi connectivity index (χ2n) is 8.05. The second-order valence-corrected chi connectivity index (χ2v) is 8.05. The van der Waals surface area contributed by atoms with E-state index in [0.29, 0.717) is 17.5 Å². The molecule has 1 heterocycles. The molecule has 2 aromatic rings. The number of aryl methyl sites for hydroxylation is 1. The number of ether oxygens (including phenoxy) is 1. The average molecular weight is 378 g/mol. The molecule has 2 aromatic carbocycles. The molecule has 0 radical (unpaired) electrons. The number of hydrogen-bond donors (Lipinski definition) is 0. The minimum atomic E-state index is -0.758. The Labute approximate surface area is 163 Å². The number of fused-ring (bicyclic) bond motifs is 2. The quantitative estimate of drug-likeness (QED) is 0.737. The van der Waals surface area contributed by atoms with Crippen LogP contribution in [-0.2, 0) is 11.2 Å². The summed E-state index contributed by atoms with van der Waals surface area (Å²) < 4.78 is 5.58. The first-order valence-corrected chi connectivity index (χ1v) is 9.35. The van der Waals surface area contributed by atoms with Gasteiger partial charge in [-0.2, -0.15) is 5.01 Å². The number of amides is 3. The highest BCUT2D eigenvalue weighted by Gasteiger charge is 2.46. The standard InChI is InChI=1S/C22H22N2O4/c1-22(2,3)28-21(27)23(18-13-12-14-8-4-5-9-15(14)18)24-19(25)16-10-6-7-11-17(16)20(24)26/h4-11,18H,12-13H2,1-3H3. The van der Waals surface area contributed by atoms with Crippen molar-refractivity contribution >= 4 is 17.9 Å².